The van der Waals surface area contributed by atoms with Gasteiger partial charge in [0.25, 0.3) is 0 Å². The number of hydrogen-bond acceptors (Lipinski definition) is 1. The van der Waals surface area contributed by atoms with Gasteiger partial charge < -0.3 is 10.2 Å². The number of fused-ring (bicyclic) bond motifs is 3. The number of halogens is 1. The predicted octanol–water partition coefficient (Wildman–Crippen LogP) is 3.90. The third-order valence-electron chi connectivity index (χ3n) is 5.38. The monoisotopic (exact) mass is 447 g/mol. The van der Waals surface area contributed by atoms with E-state index in [1.807, 2.05) is 6.07 Å². The fourth-order valence-electron chi connectivity index (χ4n) is 4.08. The van der Waals surface area contributed by atoms with Crippen LogP contribution in [0, 0.1) is 11.8 Å². The first kappa shape index (κ1) is 18.2. The minimum absolute atomic E-state index is 0. The van der Waals surface area contributed by atoms with E-state index in [0.29, 0.717) is 0 Å². The Hall–Kier alpha value is -1.56. The van der Waals surface area contributed by atoms with Gasteiger partial charge in [0.2, 0.25) is 0 Å². The van der Waals surface area contributed by atoms with Gasteiger partial charge in [-0.1, -0.05) is 54.6 Å². The topological polar surface area (TPSA) is 27.6 Å². The summed E-state index contributed by atoms with van der Waals surface area (Å²) in [6, 6.07) is 19.4. The number of hydrogen-bond donors (Lipinski definition) is 1. The third kappa shape index (κ3) is 3.84. The van der Waals surface area contributed by atoms with E-state index in [4.69, 9.17) is 4.99 Å². The molecule has 0 bridgehead atoms. The van der Waals surface area contributed by atoms with E-state index in [-0.39, 0.29) is 24.0 Å². The Kier molecular flexibility index (Phi) is 5.67. The van der Waals surface area contributed by atoms with Gasteiger partial charge in [-0.15, -0.1) is 24.0 Å². The third-order valence-corrected chi connectivity index (χ3v) is 5.38. The summed E-state index contributed by atoms with van der Waals surface area (Å²) in [5.74, 6) is 3.36. The van der Waals surface area contributed by atoms with Crippen LogP contribution in [0.15, 0.2) is 59.6 Å². The number of rotatable bonds is 4. The molecular formula is C21H26IN3. The SMILES string of the molecule is CN(C)C(=NCc1ccccc1)NCC1C2Cc3ccccc3C12.I. The highest BCUT2D eigenvalue weighted by atomic mass is 127. The van der Waals surface area contributed by atoms with E-state index < -0.39 is 0 Å². The molecule has 1 saturated carbocycles. The summed E-state index contributed by atoms with van der Waals surface area (Å²) in [6.07, 6.45) is 1.26. The molecule has 3 atom stereocenters. The number of benzene rings is 2. The fraction of sp³-hybridized carbons (Fsp3) is 0.381. The lowest BCUT2D eigenvalue weighted by molar-refractivity contribution is 0.561. The maximum Gasteiger partial charge on any atom is 0.193 e. The van der Waals surface area contributed by atoms with Crippen molar-refractivity contribution < 1.29 is 0 Å². The average Bonchev–Trinajstić information content (AvgIpc) is 3.13. The van der Waals surface area contributed by atoms with E-state index >= 15 is 0 Å². The Labute approximate surface area is 167 Å². The summed E-state index contributed by atoms with van der Waals surface area (Å²) in [6.45, 7) is 1.75. The van der Waals surface area contributed by atoms with Gasteiger partial charge in [-0.25, -0.2) is 4.99 Å². The van der Waals surface area contributed by atoms with Gasteiger partial charge in [-0.2, -0.15) is 0 Å². The largest absolute Gasteiger partial charge is 0.356 e. The summed E-state index contributed by atoms with van der Waals surface area (Å²) < 4.78 is 0. The Morgan fingerprint density at radius 1 is 1.08 bits per heavy atom. The number of aliphatic imine (C=N–C) groups is 1. The molecule has 132 valence electrons. The lowest BCUT2D eigenvalue weighted by Crippen LogP contribution is -2.38. The molecule has 0 aromatic heterocycles. The average molecular weight is 447 g/mol. The molecule has 1 fully saturated rings. The maximum atomic E-state index is 4.76. The van der Waals surface area contributed by atoms with Crippen LogP contribution >= 0.6 is 24.0 Å². The van der Waals surface area contributed by atoms with Crippen LogP contribution in [0.5, 0.6) is 0 Å². The van der Waals surface area contributed by atoms with Crippen molar-refractivity contribution >= 4 is 29.9 Å². The highest BCUT2D eigenvalue weighted by Gasteiger charge is 2.54. The fourth-order valence-corrected chi connectivity index (χ4v) is 4.08. The highest BCUT2D eigenvalue weighted by Crippen LogP contribution is 2.60. The van der Waals surface area contributed by atoms with Crippen LogP contribution in [-0.4, -0.2) is 31.5 Å². The van der Waals surface area contributed by atoms with Crippen molar-refractivity contribution in [1.82, 2.24) is 10.2 Å². The minimum Gasteiger partial charge on any atom is -0.356 e. The Balaban J connectivity index is 0.00000182. The molecule has 2 aromatic carbocycles. The van der Waals surface area contributed by atoms with Crippen LogP contribution < -0.4 is 5.32 Å². The summed E-state index contributed by atoms with van der Waals surface area (Å²) >= 11 is 0. The Morgan fingerprint density at radius 2 is 1.80 bits per heavy atom. The smallest absolute Gasteiger partial charge is 0.193 e. The quantitative estimate of drug-likeness (QED) is 0.438. The number of nitrogens with zero attached hydrogens (tertiary/aromatic N) is 2. The zero-order valence-electron chi connectivity index (χ0n) is 14.9. The van der Waals surface area contributed by atoms with Crippen molar-refractivity contribution in [2.24, 2.45) is 16.8 Å². The molecule has 1 N–H and O–H groups in total. The standard InChI is InChI=1S/C21H25N3.HI/c1-24(2)21(22-13-15-8-4-3-5-9-15)23-14-19-18-12-16-10-6-7-11-17(16)20(18)19;/h3-11,18-20H,12-14H2,1-2H3,(H,22,23);1H. The van der Waals surface area contributed by atoms with Crippen molar-refractivity contribution in [1.29, 1.82) is 0 Å². The van der Waals surface area contributed by atoms with Crippen LogP contribution in [0.4, 0.5) is 0 Å². The van der Waals surface area contributed by atoms with E-state index in [2.05, 4.69) is 72.8 Å². The van der Waals surface area contributed by atoms with Crippen molar-refractivity contribution in [3.05, 3.63) is 71.3 Å². The molecule has 0 aliphatic heterocycles. The molecule has 0 heterocycles. The van der Waals surface area contributed by atoms with E-state index in [0.717, 1.165) is 36.8 Å². The lowest BCUT2D eigenvalue weighted by atomic mass is 10.0. The molecule has 25 heavy (non-hydrogen) atoms. The van der Waals surface area contributed by atoms with Crippen molar-refractivity contribution in [2.45, 2.75) is 18.9 Å². The van der Waals surface area contributed by atoms with E-state index in [9.17, 15) is 0 Å². The van der Waals surface area contributed by atoms with Crippen LogP contribution in [0.25, 0.3) is 0 Å². The Bertz CT molecular complexity index is 742. The maximum absolute atomic E-state index is 4.76. The molecular weight excluding hydrogens is 421 g/mol. The number of nitrogens with one attached hydrogen (secondary N) is 1. The van der Waals surface area contributed by atoms with Crippen LogP contribution in [0.2, 0.25) is 0 Å². The number of guanidine groups is 1. The molecule has 0 amide bonds. The van der Waals surface area contributed by atoms with Gasteiger partial charge in [0.1, 0.15) is 0 Å². The molecule has 3 unspecified atom stereocenters. The van der Waals surface area contributed by atoms with Crippen LogP contribution in [0.1, 0.15) is 22.6 Å². The molecule has 2 aliphatic rings. The van der Waals surface area contributed by atoms with E-state index in [1.165, 1.54) is 12.0 Å². The summed E-state index contributed by atoms with van der Waals surface area (Å²) in [7, 11) is 4.11. The summed E-state index contributed by atoms with van der Waals surface area (Å²) in [4.78, 5) is 6.84. The van der Waals surface area contributed by atoms with Crippen molar-refractivity contribution in [2.75, 3.05) is 20.6 Å². The van der Waals surface area contributed by atoms with Gasteiger partial charge in [-0.3, -0.25) is 0 Å². The molecule has 3 nitrogen and oxygen atoms in total. The molecule has 0 radical (unpaired) electrons. The second-order valence-corrected chi connectivity index (χ2v) is 7.16. The van der Waals surface area contributed by atoms with Crippen molar-refractivity contribution in [3.63, 3.8) is 0 Å². The van der Waals surface area contributed by atoms with Gasteiger partial charge in [0.05, 0.1) is 6.54 Å². The normalized spacial score (nSPS) is 23.3. The van der Waals surface area contributed by atoms with Gasteiger partial charge in [0, 0.05) is 20.6 Å². The second kappa shape index (κ2) is 7.77. The van der Waals surface area contributed by atoms with Gasteiger partial charge in [0.15, 0.2) is 5.96 Å². The highest BCUT2D eigenvalue weighted by molar-refractivity contribution is 14.0. The first-order valence-electron chi connectivity index (χ1n) is 8.81. The van der Waals surface area contributed by atoms with Crippen molar-refractivity contribution in [3.8, 4) is 0 Å². The second-order valence-electron chi connectivity index (χ2n) is 7.16. The zero-order chi connectivity index (χ0) is 16.5. The van der Waals surface area contributed by atoms with Crippen LogP contribution in [0.3, 0.4) is 0 Å². The zero-order valence-corrected chi connectivity index (χ0v) is 17.2. The predicted molar refractivity (Wildman–Crippen MR) is 115 cm³/mol. The molecule has 4 heteroatoms. The van der Waals surface area contributed by atoms with Crippen LogP contribution in [-0.2, 0) is 13.0 Å². The molecule has 4 rings (SSSR count). The first-order chi connectivity index (χ1) is 11.7. The molecule has 0 saturated heterocycles. The molecule has 2 aromatic rings. The lowest BCUT2D eigenvalue weighted by Gasteiger charge is -2.18. The minimum atomic E-state index is 0. The summed E-state index contributed by atoms with van der Waals surface area (Å²) in [5.41, 5.74) is 4.40. The van der Waals surface area contributed by atoms with Gasteiger partial charge in [-0.05, 0) is 40.9 Å². The molecule has 2 aliphatic carbocycles. The molecule has 0 spiro atoms. The van der Waals surface area contributed by atoms with E-state index in [1.54, 1.807) is 11.1 Å². The first-order valence-corrected chi connectivity index (χ1v) is 8.81. The summed E-state index contributed by atoms with van der Waals surface area (Å²) in [5, 5.41) is 3.59. The van der Waals surface area contributed by atoms with Gasteiger partial charge >= 0.3 is 0 Å². The Morgan fingerprint density at radius 3 is 2.56 bits per heavy atom.